The van der Waals surface area contributed by atoms with Gasteiger partial charge in [0.25, 0.3) is 0 Å². The molecule has 0 aliphatic rings. The van der Waals surface area contributed by atoms with E-state index in [0.29, 0.717) is 0 Å². The first-order valence-electron chi connectivity index (χ1n) is 13.1. The van der Waals surface area contributed by atoms with Crippen molar-refractivity contribution in [2.45, 2.75) is 26.2 Å². The van der Waals surface area contributed by atoms with Crippen LogP contribution in [0.4, 0.5) is 0 Å². The molecule has 7 rings (SSSR count). The number of hydrogen-bond donors (Lipinski definition) is 0. The molecule has 0 spiro atoms. The Bertz CT molecular complexity index is 1890. The molecule has 38 heavy (non-hydrogen) atoms. The lowest BCUT2D eigenvalue weighted by molar-refractivity contribution is 0.591. The standard InChI is InChI=1S/C36H28N2/c1-36(2,3)29-18-25-12-14-30-32(24-10-8-23(9-11-24)27-6-4-16-37-21-27)20-33(28-7-5-17-38-22-28)31-15-13-26(19-29)34(25)35(30)31/h4-22H,1-3H3. The van der Waals surface area contributed by atoms with Gasteiger partial charge in [-0.05, 0) is 89.3 Å². The molecule has 0 aliphatic carbocycles. The molecule has 0 atom stereocenters. The lowest BCUT2D eigenvalue weighted by Gasteiger charge is -2.23. The summed E-state index contributed by atoms with van der Waals surface area (Å²) in [6, 6.07) is 33.4. The Morgan fingerprint density at radius 3 is 1.61 bits per heavy atom. The molecule has 0 aliphatic heterocycles. The summed E-state index contributed by atoms with van der Waals surface area (Å²) in [5.41, 5.74) is 8.54. The van der Waals surface area contributed by atoms with Crippen molar-refractivity contribution in [3.63, 3.8) is 0 Å². The maximum atomic E-state index is 4.45. The Labute approximate surface area is 223 Å². The molecule has 0 saturated carbocycles. The molecule has 0 unspecified atom stereocenters. The van der Waals surface area contributed by atoms with Crippen molar-refractivity contribution >= 4 is 32.3 Å². The number of hydrogen-bond acceptors (Lipinski definition) is 2. The molecule has 0 radical (unpaired) electrons. The van der Waals surface area contributed by atoms with Gasteiger partial charge < -0.3 is 0 Å². The van der Waals surface area contributed by atoms with Crippen molar-refractivity contribution in [3.8, 4) is 33.4 Å². The summed E-state index contributed by atoms with van der Waals surface area (Å²) < 4.78 is 0. The van der Waals surface area contributed by atoms with Gasteiger partial charge in [-0.1, -0.05) is 93.6 Å². The molecule has 2 aromatic heterocycles. The Balaban J connectivity index is 1.53. The molecule has 2 nitrogen and oxygen atoms in total. The van der Waals surface area contributed by atoms with Crippen molar-refractivity contribution in [2.24, 2.45) is 0 Å². The first-order chi connectivity index (χ1) is 18.5. The highest BCUT2D eigenvalue weighted by atomic mass is 14.6. The van der Waals surface area contributed by atoms with Gasteiger partial charge in [0.2, 0.25) is 0 Å². The number of pyridine rings is 2. The van der Waals surface area contributed by atoms with E-state index in [1.807, 2.05) is 36.9 Å². The van der Waals surface area contributed by atoms with Crippen molar-refractivity contribution in [1.29, 1.82) is 0 Å². The lowest BCUT2D eigenvalue weighted by atomic mass is 9.81. The third-order valence-electron chi connectivity index (χ3n) is 7.75. The van der Waals surface area contributed by atoms with Crippen LogP contribution in [0.1, 0.15) is 26.3 Å². The fourth-order valence-corrected chi connectivity index (χ4v) is 5.72. The summed E-state index contributed by atoms with van der Waals surface area (Å²) in [7, 11) is 0. The normalized spacial score (nSPS) is 12.1. The van der Waals surface area contributed by atoms with Crippen LogP contribution in [0.5, 0.6) is 0 Å². The number of rotatable bonds is 3. The second-order valence-electron chi connectivity index (χ2n) is 11.2. The van der Waals surface area contributed by atoms with E-state index in [-0.39, 0.29) is 5.41 Å². The summed E-state index contributed by atoms with van der Waals surface area (Å²) in [6.07, 6.45) is 7.54. The second kappa shape index (κ2) is 8.49. The van der Waals surface area contributed by atoms with Crippen molar-refractivity contribution < 1.29 is 0 Å². The van der Waals surface area contributed by atoms with Crippen LogP contribution >= 0.6 is 0 Å². The molecule has 0 N–H and O–H groups in total. The zero-order valence-corrected chi connectivity index (χ0v) is 21.9. The van der Waals surface area contributed by atoms with Gasteiger partial charge in [-0.25, -0.2) is 0 Å². The average molecular weight is 489 g/mol. The Hall–Kier alpha value is -4.56. The molecule has 2 heterocycles. The van der Waals surface area contributed by atoms with Crippen molar-refractivity contribution in [2.75, 3.05) is 0 Å². The fourth-order valence-electron chi connectivity index (χ4n) is 5.72. The summed E-state index contributed by atoms with van der Waals surface area (Å²) in [6.45, 7) is 6.86. The maximum absolute atomic E-state index is 4.45. The number of aromatic nitrogens is 2. The summed E-state index contributed by atoms with van der Waals surface area (Å²) in [5.74, 6) is 0. The minimum absolute atomic E-state index is 0.0898. The fraction of sp³-hybridized carbons (Fsp3) is 0.111. The SMILES string of the molecule is CC(C)(C)c1cc2ccc3c(-c4ccc(-c5cccnc5)cc4)cc(-c4cccnc4)c4ccc(c1)c2c34. The molecular formula is C36H28N2. The molecule has 0 bridgehead atoms. The highest BCUT2D eigenvalue weighted by Crippen LogP contribution is 2.45. The predicted molar refractivity (Wildman–Crippen MR) is 161 cm³/mol. The molecule has 2 heteroatoms. The first-order valence-corrected chi connectivity index (χ1v) is 13.1. The Morgan fingerprint density at radius 2 is 1.05 bits per heavy atom. The first kappa shape index (κ1) is 22.6. The van der Waals surface area contributed by atoms with Gasteiger partial charge in [0.1, 0.15) is 0 Å². The monoisotopic (exact) mass is 488 g/mol. The smallest absolute Gasteiger partial charge is 0.0346 e. The molecule has 7 aromatic rings. The second-order valence-corrected chi connectivity index (χ2v) is 11.2. The maximum Gasteiger partial charge on any atom is 0.0346 e. The zero-order valence-electron chi connectivity index (χ0n) is 21.9. The van der Waals surface area contributed by atoms with E-state index in [1.54, 1.807) is 0 Å². The quantitative estimate of drug-likeness (QED) is 0.231. The van der Waals surface area contributed by atoms with E-state index in [4.69, 9.17) is 0 Å². The molecule has 0 fully saturated rings. The highest BCUT2D eigenvalue weighted by Gasteiger charge is 2.20. The van der Waals surface area contributed by atoms with Gasteiger partial charge in [-0.3, -0.25) is 9.97 Å². The van der Waals surface area contributed by atoms with Gasteiger partial charge in [0, 0.05) is 30.4 Å². The van der Waals surface area contributed by atoms with Gasteiger partial charge in [0.15, 0.2) is 0 Å². The van der Waals surface area contributed by atoms with Crippen LogP contribution in [-0.4, -0.2) is 9.97 Å². The van der Waals surface area contributed by atoms with Crippen LogP contribution in [0, 0.1) is 0 Å². The van der Waals surface area contributed by atoms with Gasteiger partial charge in [0.05, 0.1) is 0 Å². The Morgan fingerprint density at radius 1 is 0.500 bits per heavy atom. The number of nitrogens with zero attached hydrogens (tertiary/aromatic N) is 2. The highest BCUT2D eigenvalue weighted by molar-refractivity contribution is 6.28. The third kappa shape index (κ3) is 3.64. The van der Waals surface area contributed by atoms with Crippen LogP contribution in [0.15, 0.2) is 116 Å². The van der Waals surface area contributed by atoms with Gasteiger partial charge >= 0.3 is 0 Å². The minimum atomic E-state index is 0.0898. The van der Waals surface area contributed by atoms with Crippen LogP contribution in [-0.2, 0) is 5.41 Å². The lowest BCUT2D eigenvalue weighted by Crippen LogP contribution is -2.10. The summed E-state index contributed by atoms with van der Waals surface area (Å²) in [4.78, 5) is 8.74. The molecule has 5 aromatic carbocycles. The van der Waals surface area contributed by atoms with E-state index in [1.165, 1.54) is 60.1 Å². The summed E-state index contributed by atoms with van der Waals surface area (Å²) in [5, 5.41) is 7.81. The molecular weight excluding hydrogens is 460 g/mol. The molecule has 0 amide bonds. The van der Waals surface area contributed by atoms with Gasteiger partial charge in [-0.2, -0.15) is 0 Å². The zero-order chi connectivity index (χ0) is 25.9. The molecule has 182 valence electrons. The van der Waals surface area contributed by atoms with Crippen LogP contribution < -0.4 is 0 Å². The minimum Gasteiger partial charge on any atom is -0.264 e. The molecule has 0 saturated heterocycles. The topological polar surface area (TPSA) is 25.8 Å². The number of benzene rings is 5. The largest absolute Gasteiger partial charge is 0.264 e. The van der Waals surface area contributed by atoms with Gasteiger partial charge in [-0.15, -0.1) is 0 Å². The summed E-state index contributed by atoms with van der Waals surface area (Å²) >= 11 is 0. The van der Waals surface area contributed by atoms with E-state index in [0.717, 1.165) is 11.1 Å². The Kier molecular flexibility index (Phi) is 5.06. The van der Waals surface area contributed by atoms with E-state index in [2.05, 4.69) is 110 Å². The predicted octanol–water partition coefficient (Wildman–Crippen LogP) is 9.67. The van der Waals surface area contributed by atoms with Crippen LogP contribution in [0.2, 0.25) is 0 Å². The van der Waals surface area contributed by atoms with E-state index in [9.17, 15) is 0 Å². The average Bonchev–Trinajstić information content (AvgIpc) is 2.96. The van der Waals surface area contributed by atoms with Crippen molar-refractivity contribution in [1.82, 2.24) is 9.97 Å². The van der Waals surface area contributed by atoms with E-state index >= 15 is 0 Å². The van der Waals surface area contributed by atoms with Crippen LogP contribution in [0.3, 0.4) is 0 Å². The third-order valence-corrected chi connectivity index (χ3v) is 7.75. The van der Waals surface area contributed by atoms with Crippen LogP contribution in [0.25, 0.3) is 65.7 Å². The van der Waals surface area contributed by atoms with E-state index < -0.39 is 0 Å². The van der Waals surface area contributed by atoms with Crippen molar-refractivity contribution in [3.05, 3.63) is 121 Å².